The molecule has 1 heterocycles. The van der Waals surface area contributed by atoms with Crippen LogP contribution in [0.15, 0.2) is 35.3 Å². The molecule has 3 rings (SSSR count). The van der Waals surface area contributed by atoms with Gasteiger partial charge in [0.1, 0.15) is 17.5 Å². The number of aliphatic imine (C=N–C) groups is 1. The van der Waals surface area contributed by atoms with E-state index in [1.54, 1.807) is 32.7 Å². The summed E-state index contributed by atoms with van der Waals surface area (Å²) < 4.78 is 51.6. The lowest BCUT2D eigenvalue weighted by molar-refractivity contribution is -0.821. The molecule has 4 nitrogen and oxygen atoms in total. The Bertz CT molecular complexity index is 905. The van der Waals surface area contributed by atoms with Crippen molar-refractivity contribution in [2.75, 3.05) is 28.3 Å². The maximum absolute atomic E-state index is 13.5. The molecule has 0 saturated heterocycles. The molecule has 1 unspecified atom stereocenters. The van der Waals surface area contributed by atoms with E-state index in [2.05, 4.69) is 4.99 Å². The molecule has 0 aliphatic carbocycles. The molecule has 0 aromatic heterocycles. The van der Waals surface area contributed by atoms with Crippen LogP contribution in [-0.4, -0.2) is 39.1 Å². The highest BCUT2D eigenvalue weighted by Crippen LogP contribution is 2.48. The van der Waals surface area contributed by atoms with Gasteiger partial charge in [-0.3, -0.25) is 4.48 Å². The minimum atomic E-state index is -4.47. The predicted molar refractivity (Wildman–Crippen MR) is 97.8 cm³/mol. The first-order valence-electron chi connectivity index (χ1n) is 8.41. The van der Waals surface area contributed by atoms with Crippen molar-refractivity contribution in [3.63, 3.8) is 0 Å². The summed E-state index contributed by atoms with van der Waals surface area (Å²) in [7, 11) is 6.92. The first kappa shape index (κ1) is 19.2. The van der Waals surface area contributed by atoms with Gasteiger partial charge in [-0.2, -0.15) is 13.2 Å². The van der Waals surface area contributed by atoms with E-state index < -0.39 is 11.7 Å². The fourth-order valence-electron chi connectivity index (χ4n) is 3.61. The van der Waals surface area contributed by atoms with Gasteiger partial charge in [-0.15, -0.1) is 0 Å². The molecule has 7 heteroatoms. The van der Waals surface area contributed by atoms with Gasteiger partial charge in [0.15, 0.2) is 6.34 Å². The molecular formula is C20H22F3N2O2+. The van der Waals surface area contributed by atoms with E-state index in [0.29, 0.717) is 17.1 Å². The number of para-hydroxylation sites is 1. The fourth-order valence-corrected chi connectivity index (χ4v) is 3.61. The Hall–Kier alpha value is -2.54. The highest BCUT2D eigenvalue weighted by molar-refractivity contribution is 5.68. The maximum atomic E-state index is 13.5. The summed E-state index contributed by atoms with van der Waals surface area (Å²) >= 11 is 0. The van der Waals surface area contributed by atoms with Crippen molar-refractivity contribution in [3.05, 3.63) is 52.6 Å². The van der Waals surface area contributed by atoms with Crippen LogP contribution in [0.2, 0.25) is 0 Å². The van der Waals surface area contributed by atoms with Crippen LogP contribution in [0.25, 0.3) is 0 Å². The van der Waals surface area contributed by atoms with Gasteiger partial charge in [-0.1, -0.05) is 12.1 Å². The minimum absolute atomic E-state index is 0.0337. The van der Waals surface area contributed by atoms with Crippen molar-refractivity contribution in [3.8, 4) is 11.5 Å². The van der Waals surface area contributed by atoms with Gasteiger partial charge in [0.05, 0.1) is 39.6 Å². The fraction of sp³-hybridized carbons (Fsp3) is 0.350. The second-order valence-corrected chi connectivity index (χ2v) is 7.06. The quantitative estimate of drug-likeness (QED) is 0.713. The molecule has 0 spiro atoms. The van der Waals surface area contributed by atoms with Crippen molar-refractivity contribution in [1.82, 2.24) is 0 Å². The molecule has 2 aromatic rings. The smallest absolute Gasteiger partial charge is 0.418 e. The van der Waals surface area contributed by atoms with Gasteiger partial charge in [0.25, 0.3) is 0 Å². The summed E-state index contributed by atoms with van der Waals surface area (Å²) in [4.78, 5) is 4.17. The summed E-state index contributed by atoms with van der Waals surface area (Å²) in [6, 6.07) is 7.44. The summed E-state index contributed by atoms with van der Waals surface area (Å²) in [5, 5.41) is 0. The van der Waals surface area contributed by atoms with Crippen molar-refractivity contribution < 1.29 is 27.1 Å². The van der Waals surface area contributed by atoms with E-state index >= 15 is 0 Å². The van der Waals surface area contributed by atoms with Crippen LogP contribution in [0.1, 0.15) is 28.3 Å². The minimum Gasteiger partial charge on any atom is -0.497 e. The number of hydrogen-bond acceptors (Lipinski definition) is 3. The number of methoxy groups -OCH3 is 2. The number of halogens is 3. The van der Waals surface area contributed by atoms with Gasteiger partial charge in [-0.05, 0) is 19.1 Å². The van der Waals surface area contributed by atoms with Crippen molar-refractivity contribution in [2.45, 2.75) is 19.1 Å². The summed E-state index contributed by atoms with van der Waals surface area (Å²) in [5.41, 5.74) is 1.45. The van der Waals surface area contributed by atoms with Crippen molar-refractivity contribution in [1.29, 1.82) is 0 Å². The number of alkyl halides is 3. The lowest BCUT2D eigenvalue weighted by Gasteiger charge is -2.38. The molecule has 144 valence electrons. The highest BCUT2D eigenvalue weighted by atomic mass is 19.4. The van der Waals surface area contributed by atoms with Crippen molar-refractivity contribution in [2.24, 2.45) is 4.99 Å². The van der Waals surface area contributed by atoms with Gasteiger partial charge >= 0.3 is 6.18 Å². The Morgan fingerprint density at radius 2 is 1.74 bits per heavy atom. The zero-order chi connectivity index (χ0) is 20.0. The third kappa shape index (κ3) is 3.27. The molecule has 0 amide bonds. The zero-order valence-electron chi connectivity index (χ0n) is 15.9. The molecule has 0 bridgehead atoms. The Kier molecular flexibility index (Phi) is 4.67. The standard InChI is InChI=1S/C20H22F3N2O2/c1-12-15(9-13(26-4)10-17(12)27-5)19-14-7-6-8-16(20(21,22)23)18(14)24-11-25(19,2)3/h6-11,19H,1-5H3/q+1. The van der Waals surface area contributed by atoms with Crippen LogP contribution in [0.5, 0.6) is 11.5 Å². The predicted octanol–water partition coefficient (Wildman–Crippen LogP) is 4.87. The Labute approximate surface area is 156 Å². The third-order valence-electron chi connectivity index (χ3n) is 4.94. The number of quaternary nitrogens is 1. The molecular weight excluding hydrogens is 357 g/mol. The van der Waals surface area contributed by atoms with E-state index in [4.69, 9.17) is 9.47 Å². The van der Waals surface area contributed by atoms with Crippen molar-refractivity contribution >= 4 is 12.0 Å². The topological polar surface area (TPSA) is 30.8 Å². The lowest BCUT2D eigenvalue weighted by atomic mass is 9.88. The van der Waals surface area contributed by atoms with Gasteiger partial charge in [0, 0.05) is 22.8 Å². The summed E-state index contributed by atoms with van der Waals surface area (Å²) in [6.45, 7) is 1.90. The molecule has 27 heavy (non-hydrogen) atoms. The summed E-state index contributed by atoms with van der Waals surface area (Å²) in [5.74, 6) is 1.21. The molecule has 1 aliphatic heterocycles. The largest absolute Gasteiger partial charge is 0.497 e. The third-order valence-corrected chi connectivity index (χ3v) is 4.94. The average molecular weight is 379 g/mol. The van der Waals surface area contributed by atoms with E-state index in [0.717, 1.165) is 17.2 Å². The molecule has 0 fully saturated rings. The van der Waals surface area contributed by atoms with E-state index in [9.17, 15) is 13.2 Å². The number of fused-ring (bicyclic) bond motifs is 1. The average Bonchev–Trinajstić information content (AvgIpc) is 2.60. The monoisotopic (exact) mass is 379 g/mol. The second-order valence-electron chi connectivity index (χ2n) is 7.06. The van der Waals surface area contributed by atoms with E-state index in [1.807, 2.05) is 27.1 Å². The SMILES string of the molecule is COc1cc(OC)c(C)c(C2c3cccc(C(F)(F)F)c3N=C[N+]2(C)C)c1. The van der Waals surface area contributed by atoms with Crippen LogP contribution in [0.3, 0.4) is 0 Å². The molecule has 0 N–H and O–H groups in total. The van der Waals surface area contributed by atoms with E-state index in [1.165, 1.54) is 6.07 Å². The van der Waals surface area contributed by atoms with E-state index in [-0.39, 0.29) is 16.2 Å². The maximum Gasteiger partial charge on any atom is 0.418 e. The summed E-state index contributed by atoms with van der Waals surface area (Å²) in [6.07, 6.45) is -2.92. The van der Waals surface area contributed by atoms with Crippen LogP contribution in [0.4, 0.5) is 18.9 Å². The molecule has 1 aliphatic rings. The molecule has 2 aromatic carbocycles. The Morgan fingerprint density at radius 1 is 1.04 bits per heavy atom. The molecule has 0 radical (unpaired) electrons. The van der Waals surface area contributed by atoms with Gasteiger partial charge < -0.3 is 9.47 Å². The van der Waals surface area contributed by atoms with Gasteiger partial charge in [0.2, 0.25) is 0 Å². The molecule has 0 saturated carbocycles. The molecule has 1 atom stereocenters. The number of rotatable bonds is 3. The van der Waals surface area contributed by atoms with Crippen LogP contribution >= 0.6 is 0 Å². The van der Waals surface area contributed by atoms with Crippen LogP contribution < -0.4 is 9.47 Å². The zero-order valence-corrected chi connectivity index (χ0v) is 15.9. The first-order valence-corrected chi connectivity index (χ1v) is 8.41. The van der Waals surface area contributed by atoms with Crippen LogP contribution in [0, 0.1) is 6.92 Å². The Morgan fingerprint density at radius 3 is 2.33 bits per heavy atom. The Balaban J connectivity index is 2.31. The number of benzene rings is 2. The number of nitrogens with zero attached hydrogens (tertiary/aromatic N) is 2. The normalized spacial score (nSPS) is 18.1. The first-order chi connectivity index (χ1) is 12.6. The highest BCUT2D eigenvalue weighted by Gasteiger charge is 2.42. The van der Waals surface area contributed by atoms with Crippen LogP contribution in [-0.2, 0) is 6.18 Å². The number of ether oxygens (including phenoxy) is 2. The second kappa shape index (κ2) is 6.56. The lowest BCUT2D eigenvalue weighted by Crippen LogP contribution is -2.44. The number of hydrogen-bond donors (Lipinski definition) is 0. The van der Waals surface area contributed by atoms with Gasteiger partial charge in [-0.25, -0.2) is 4.99 Å².